The van der Waals surface area contributed by atoms with Gasteiger partial charge in [-0.25, -0.2) is 0 Å². The Morgan fingerprint density at radius 3 is 2.25 bits per heavy atom. The second-order valence-electron chi connectivity index (χ2n) is 8.45. The first-order valence-electron chi connectivity index (χ1n) is 8.82. The molecule has 1 heteroatoms. The van der Waals surface area contributed by atoms with E-state index >= 15 is 0 Å². The van der Waals surface area contributed by atoms with Crippen LogP contribution in [0.2, 0.25) is 0 Å². The van der Waals surface area contributed by atoms with Crippen molar-refractivity contribution in [3.63, 3.8) is 0 Å². The molecule has 0 fully saturated rings. The lowest BCUT2D eigenvalue weighted by Crippen LogP contribution is -2.33. The Hall–Kier alpha value is -2.02. The molecule has 2 aromatic carbocycles. The van der Waals surface area contributed by atoms with Gasteiger partial charge in [0.1, 0.15) is 5.75 Å². The molecule has 0 unspecified atom stereocenters. The summed E-state index contributed by atoms with van der Waals surface area (Å²) in [4.78, 5) is 0. The van der Waals surface area contributed by atoms with Crippen molar-refractivity contribution >= 4 is 11.6 Å². The number of benzene rings is 2. The Kier molecular flexibility index (Phi) is 4.07. The zero-order valence-corrected chi connectivity index (χ0v) is 15.5. The normalized spacial score (nSPS) is 19.0. The second-order valence-corrected chi connectivity index (χ2v) is 8.45. The largest absolute Gasteiger partial charge is 0.508 e. The minimum Gasteiger partial charge on any atom is -0.508 e. The monoisotopic (exact) mass is 320 g/mol. The summed E-state index contributed by atoms with van der Waals surface area (Å²) < 4.78 is 0. The molecule has 0 bridgehead atoms. The predicted molar refractivity (Wildman–Crippen MR) is 103 cm³/mol. The Bertz CT molecular complexity index is 793. The quantitative estimate of drug-likeness (QED) is 0.644. The summed E-state index contributed by atoms with van der Waals surface area (Å²) in [5.41, 5.74) is 6.99. The van der Waals surface area contributed by atoms with Crippen LogP contribution >= 0.6 is 0 Å². The van der Waals surface area contributed by atoms with Crippen LogP contribution in [0.1, 0.15) is 69.7 Å². The van der Waals surface area contributed by atoms with Crippen LogP contribution in [0.5, 0.6) is 5.75 Å². The molecule has 0 spiro atoms. The molecule has 2 aromatic rings. The Labute approximate surface area is 146 Å². The predicted octanol–water partition coefficient (Wildman–Crippen LogP) is 6.30. The number of aromatic hydroxyl groups is 1. The van der Waals surface area contributed by atoms with E-state index in [4.69, 9.17) is 0 Å². The molecule has 0 aliphatic heterocycles. The van der Waals surface area contributed by atoms with Gasteiger partial charge in [-0.05, 0) is 70.6 Å². The number of rotatable bonds is 2. The molecule has 0 atom stereocenters. The highest BCUT2D eigenvalue weighted by Crippen LogP contribution is 2.46. The van der Waals surface area contributed by atoms with Gasteiger partial charge in [-0.3, -0.25) is 0 Å². The van der Waals surface area contributed by atoms with Gasteiger partial charge < -0.3 is 5.11 Å². The van der Waals surface area contributed by atoms with Crippen molar-refractivity contribution in [2.75, 3.05) is 0 Å². The lowest BCUT2D eigenvalue weighted by Gasteiger charge is -2.42. The summed E-state index contributed by atoms with van der Waals surface area (Å²) in [6.45, 7) is 11.6. The average molecular weight is 320 g/mol. The molecule has 24 heavy (non-hydrogen) atoms. The fraction of sp³-hybridized carbons (Fsp3) is 0.391. The van der Waals surface area contributed by atoms with Gasteiger partial charge in [-0.2, -0.15) is 0 Å². The number of hydrogen-bond acceptors (Lipinski definition) is 1. The van der Waals surface area contributed by atoms with E-state index in [1.807, 2.05) is 12.1 Å². The van der Waals surface area contributed by atoms with Crippen molar-refractivity contribution < 1.29 is 5.11 Å². The Balaban J connectivity index is 2.05. The molecule has 3 rings (SSSR count). The third-order valence-electron chi connectivity index (χ3n) is 5.56. The molecule has 0 radical (unpaired) electrons. The lowest BCUT2D eigenvalue weighted by molar-refractivity contribution is 0.332. The van der Waals surface area contributed by atoms with Crippen molar-refractivity contribution in [2.45, 2.75) is 58.3 Å². The second kappa shape index (κ2) is 5.81. The van der Waals surface area contributed by atoms with Crippen LogP contribution in [0.25, 0.3) is 11.6 Å². The first kappa shape index (κ1) is 16.8. The molecule has 1 aliphatic carbocycles. The molecule has 1 nitrogen and oxygen atoms in total. The standard InChI is InChI=1S/C23H28O/c1-16(13-17-7-6-8-19(24)14-17)18-9-10-20-21(15-18)23(4,5)12-11-22(20,2)3/h6-10,13-15,24H,11-12H2,1-5H3/b16-13+. The van der Waals surface area contributed by atoms with Crippen molar-refractivity contribution in [2.24, 2.45) is 0 Å². The molecule has 0 heterocycles. The maximum atomic E-state index is 9.65. The van der Waals surface area contributed by atoms with Crippen LogP contribution < -0.4 is 0 Å². The summed E-state index contributed by atoms with van der Waals surface area (Å²) in [6, 6.07) is 14.4. The summed E-state index contributed by atoms with van der Waals surface area (Å²) >= 11 is 0. The molecular formula is C23H28O. The van der Waals surface area contributed by atoms with Gasteiger partial charge >= 0.3 is 0 Å². The van der Waals surface area contributed by atoms with Gasteiger partial charge in [-0.15, -0.1) is 0 Å². The minimum atomic E-state index is 0.228. The molecule has 1 aliphatic rings. The zero-order valence-electron chi connectivity index (χ0n) is 15.5. The van der Waals surface area contributed by atoms with E-state index < -0.39 is 0 Å². The van der Waals surface area contributed by atoms with Gasteiger partial charge in [0.15, 0.2) is 0 Å². The molecule has 0 saturated carbocycles. The van der Waals surface area contributed by atoms with Gasteiger partial charge in [0.05, 0.1) is 0 Å². The molecular weight excluding hydrogens is 292 g/mol. The van der Waals surface area contributed by atoms with Gasteiger partial charge in [0.25, 0.3) is 0 Å². The van der Waals surface area contributed by atoms with E-state index in [1.165, 1.54) is 35.1 Å². The first-order chi connectivity index (χ1) is 11.2. The molecule has 0 aromatic heterocycles. The fourth-order valence-electron chi connectivity index (χ4n) is 3.78. The first-order valence-corrected chi connectivity index (χ1v) is 8.82. The van der Waals surface area contributed by atoms with Crippen LogP contribution in [-0.2, 0) is 10.8 Å². The zero-order chi connectivity index (χ0) is 17.5. The maximum absolute atomic E-state index is 9.65. The summed E-state index contributed by atoms with van der Waals surface area (Å²) in [6.07, 6.45) is 4.61. The highest BCUT2D eigenvalue weighted by atomic mass is 16.3. The average Bonchev–Trinajstić information content (AvgIpc) is 2.52. The van der Waals surface area contributed by atoms with E-state index in [1.54, 1.807) is 12.1 Å². The van der Waals surface area contributed by atoms with Gasteiger partial charge in [0.2, 0.25) is 0 Å². The third kappa shape index (κ3) is 3.13. The van der Waals surface area contributed by atoms with E-state index in [0.29, 0.717) is 5.75 Å². The van der Waals surface area contributed by atoms with Crippen LogP contribution in [0.4, 0.5) is 0 Å². The number of phenolic OH excluding ortho intramolecular Hbond substituents is 1. The van der Waals surface area contributed by atoms with Gasteiger partial charge in [-0.1, -0.05) is 64.1 Å². The lowest BCUT2D eigenvalue weighted by atomic mass is 9.63. The Morgan fingerprint density at radius 1 is 0.917 bits per heavy atom. The summed E-state index contributed by atoms with van der Waals surface area (Å²) in [5.74, 6) is 0.310. The SMILES string of the molecule is C/C(=C\c1cccc(O)c1)c1ccc2c(c1)C(C)(C)CCC2(C)C. The minimum absolute atomic E-state index is 0.228. The van der Waals surface area contributed by atoms with E-state index in [9.17, 15) is 5.11 Å². The highest BCUT2D eigenvalue weighted by Gasteiger charge is 2.36. The van der Waals surface area contributed by atoms with Crippen LogP contribution in [0.15, 0.2) is 42.5 Å². The van der Waals surface area contributed by atoms with Crippen LogP contribution in [-0.4, -0.2) is 5.11 Å². The molecule has 0 saturated heterocycles. The molecule has 1 N–H and O–H groups in total. The topological polar surface area (TPSA) is 20.2 Å². The maximum Gasteiger partial charge on any atom is 0.116 e. The summed E-state index contributed by atoms with van der Waals surface area (Å²) in [5, 5.41) is 9.65. The van der Waals surface area contributed by atoms with E-state index in [-0.39, 0.29) is 10.8 Å². The van der Waals surface area contributed by atoms with Crippen LogP contribution in [0.3, 0.4) is 0 Å². The molecule has 126 valence electrons. The number of hydrogen-bond donors (Lipinski definition) is 1. The van der Waals surface area contributed by atoms with Gasteiger partial charge in [0, 0.05) is 0 Å². The van der Waals surface area contributed by atoms with Crippen molar-refractivity contribution in [3.05, 3.63) is 64.7 Å². The van der Waals surface area contributed by atoms with Crippen molar-refractivity contribution in [1.82, 2.24) is 0 Å². The number of phenols is 1. The highest BCUT2D eigenvalue weighted by molar-refractivity contribution is 5.81. The molecule has 0 amide bonds. The van der Waals surface area contributed by atoms with E-state index in [2.05, 4.69) is 58.9 Å². The third-order valence-corrected chi connectivity index (χ3v) is 5.56. The number of fused-ring (bicyclic) bond motifs is 1. The number of allylic oxidation sites excluding steroid dienone is 1. The van der Waals surface area contributed by atoms with E-state index in [0.717, 1.165) is 5.56 Å². The fourth-order valence-corrected chi connectivity index (χ4v) is 3.78. The van der Waals surface area contributed by atoms with Crippen molar-refractivity contribution in [1.29, 1.82) is 0 Å². The smallest absolute Gasteiger partial charge is 0.116 e. The Morgan fingerprint density at radius 2 is 1.58 bits per heavy atom. The van der Waals surface area contributed by atoms with Crippen LogP contribution in [0, 0.1) is 0 Å². The summed E-state index contributed by atoms with van der Waals surface area (Å²) in [7, 11) is 0. The van der Waals surface area contributed by atoms with Crippen molar-refractivity contribution in [3.8, 4) is 5.75 Å².